The Morgan fingerprint density at radius 3 is 2.58 bits per heavy atom. The summed E-state index contributed by atoms with van der Waals surface area (Å²) in [4.78, 5) is 10.8. The van der Waals surface area contributed by atoms with Gasteiger partial charge in [0.1, 0.15) is 11.6 Å². The molecule has 1 aromatic heterocycles. The van der Waals surface area contributed by atoms with Gasteiger partial charge in [-0.2, -0.15) is 0 Å². The minimum Gasteiger partial charge on any atom is -0.495 e. The number of nitrogens with one attached hydrogen (secondary N) is 1. The van der Waals surface area contributed by atoms with Crippen LogP contribution in [0.4, 0.5) is 10.1 Å². The molecule has 0 aliphatic carbocycles. The van der Waals surface area contributed by atoms with Crippen LogP contribution in [0.1, 0.15) is 12.0 Å². The SMILES string of the molecule is COc1ccccc1N1CCN(CCN2CC=C(Cc3c[nH]c4ccc(F)cc34)CC2)CC1. The molecule has 0 bridgehead atoms. The number of benzene rings is 2. The third kappa shape index (κ3) is 5.07. The molecule has 2 aliphatic rings. The Kier molecular flexibility index (Phi) is 6.65. The van der Waals surface area contributed by atoms with Gasteiger partial charge in [0.15, 0.2) is 0 Å². The molecule has 6 heteroatoms. The van der Waals surface area contributed by atoms with E-state index in [1.165, 1.54) is 22.9 Å². The van der Waals surface area contributed by atoms with E-state index in [0.717, 1.165) is 81.9 Å². The Balaban J connectivity index is 1.08. The van der Waals surface area contributed by atoms with Crippen LogP contribution in [0.25, 0.3) is 10.9 Å². The standard InChI is InChI=1S/C27H33FN4O/c1-33-27-5-3-2-4-26(27)32-16-14-31(15-17-32)13-12-30-10-8-21(9-11-30)18-22-20-29-25-7-6-23(28)19-24(22)25/h2-8,19-20,29H,9-18H2,1H3. The van der Waals surface area contributed by atoms with Crippen LogP contribution in [0.2, 0.25) is 0 Å². The van der Waals surface area contributed by atoms with Crippen molar-refractivity contribution in [2.24, 2.45) is 0 Å². The first kappa shape index (κ1) is 22.0. The van der Waals surface area contributed by atoms with E-state index in [0.29, 0.717) is 0 Å². The number of hydrogen-bond donors (Lipinski definition) is 1. The summed E-state index contributed by atoms with van der Waals surface area (Å²) in [6.45, 7) is 8.58. The van der Waals surface area contributed by atoms with E-state index in [1.807, 2.05) is 24.4 Å². The maximum absolute atomic E-state index is 13.7. The van der Waals surface area contributed by atoms with Gasteiger partial charge in [-0.25, -0.2) is 4.39 Å². The monoisotopic (exact) mass is 448 g/mol. The summed E-state index contributed by atoms with van der Waals surface area (Å²) >= 11 is 0. The molecule has 0 saturated carbocycles. The molecule has 0 atom stereocenters. The predicted molar refractivity (Wildman–Crippen MR) is 133 cm³/mol. The van der Waals surface area contributed by atoms with Gasteiger partial charge in [0.2, 0.25) is 0 Å². The van der Waals surface area contributed by atoms with Crippen molar-refractivity contribution in [2.45, 2.75) is 12.8 Å². The minimum atomic E-state index is -0.170. The number of nitrogens with zero attached hydrogens (tertiary/aromatic N) is 3. The second-order valence-electron chi connectivity index (χ2n) is 9.09. The molecule has 2 aromatic carbocycles. The van der Waals surface area contributed by atoms with Crippen LogP contribution in [-0.4, -0.2) is 74.3 Å². The second-order valence-corrected chi connectivity index (χ2v) is 9.09. The van der Waals surface area contributed by atoms with Crippen molar-refractivity contribution in [3.63, 3.8) is 0 Å². The Bertz CT molecular complexity index is 1120. The molecule has 33 heavy (non-hydrogen) atoms. The third-order valence-corrected chi connectivity index (χ3v) is 7.06. The topological polar surface area (TPSA) is 34.7 Å². The van der Waals surface area contributed by atoms with E-state index in [2.05, 4.69) is 37.9 Å². The Hall–Kier alpha value is -2.83. The number of aromatic nitrogens is 1. The smallest absolute Gasteiger partial charge is 0.142 e. The van der Waals surface area contributed by atoms with Crippen molar-refractivity contribution >= 4 is 16.6 Å². The molecule has 1 fully saturated rings. The highest BCUT2D eigenvalue weighted by atomic mass is 19.1. The summed E-state index contributed by atoms with van der Waals surface area (Å²) in [6, 6.07) is 13.3. The van der Waals surface area contributed by atoms with E-state index in [-0.39, 0.29) is 5.82 Å². The molecule has 3 heterocycles. The quantitative estimate of drug-likeness (QED) is 0.546. The highest BCUT2D eigenvalue weighted by Crippen LogP contribution is 2.28. The van der Waals surface area contributed by atoms with Crippen LogP contribution >= 0.6 is 0 Å². The van der Waals surface area contributed by atoms with Crippen molar-refractivity contribution in [3.05, 3.63) is 71.7 Å². The molecule has 2 aliphatic heterocycles. The van der Waals surface area contributed by atoms with Crippen molar-refractivity contribution in [2.75, 3.05) is 64.4 Å². The number of piperazine rings is 1. The zero-order valence-electron chi connectivity index (χ0n) is 19.4. The van der Waals surface area contributed by atoms with Crippen LogP contribution in [0.3, 0.4) is 0 Å². The Labute approximate surface area is 195 Å². The summed E-state index contributed by atoms with van der Waals surface area (Å²) in [5, 5.41) is 1.01. The number of H-pyrrole nitrogens is 1. The maximum atomic E-state index is 13.7. The van der Waals surface area contributed by atoms with Gasteiger partial charge in [-0.15, -0.1) is 0 Å². The van der Waals surface area contributed by atoms with Gasteiger partial charge >= 0.3 is 0 Å². The lowest BCUT2D eigenvalue weighted by Crippen LogP contribution is -2.48. The number of fused-ring (bicyclic) bond motifs is 1. The molecule has 1 N–H and O–H groups in total. The number of hydrogen-bond acceptors (Lipinski definition) is 4. The number of anilines is 1. The van der Waals surface area contributed by atoms with Crippen molar-refractivity contribution in [1.29, 1.82) is 0 Å². The maximum Gasteiger partial charge on any atom is 0.142 e. The highest BCUT2D eigenvalue weighted by Gasteiger charge is 2.20. The molecule has 0 spiro atoms. The fourth-order valence-electron chi connectivity index (χ4n) is 5.04. The highest BCUT2D eigenvalue weighted by molar-refractivity contribution is 5.83. The number of halogens is 1. The van der Waals surface area contributed by atoms with E-state index in [9.17, 15) is 4.39 Å². The van der Waals surface area contributed by atoms with Gasteiger partial charge in [0.25, 0.3) is 0 Å². The van der Waals surface area contributed by atoms with Crippen molar-refractivity contribution in [3.8, 4) is 5.75 Å². The normalized spacial score (nSPS) is 18.0. The van der Waals surface area contributed by atoms with Gasteiger partial charge < -0.3 is 14.6 Å². The van der Waals surface area contributed by atoms with Gasteiger partial charge in [0.05, 0.1) is 12.8 Å². The first-order valence-electron chi connectivity index (χ1n) is 12.0. The molecule has 0 amide bonds. The zero-order valence-corrected chi connectivity index (χ0v) is 19.4. The average Bonchev–Trinajstić information content (AvgIpc) is 3.25. The van der Waals surface area contributed by atoms with Gasteiger partial charge in [-0.1, -0.05) is 23.8 Å². The molecule has 5 rings (SSSR count). The Morgan fingerprint density at radius 1 is 0.970 bits per heavy atom. The van der Waals surface area contributed by atoms with Crippen LogP contribution in [0, 0.1) is 5.82 Å². The van der Waals surface area contributed by atoms with E-state index >= 15 is 0 Å². The Morgan fingerprint density at radius 2 is 1.79 bits per heavy atom. The lowest BCUT2D eigenvalue weighted by Gasteiger charge is -2.37. The minimum absolute atomic E-state index is 0.170. The number of ether oxygens (including phenoxy) is 1. The van der Waals surface area contributed by atoms with Crippen LogP contribution in [0.15, 0.2) is 60.3 Å². The second kappa shape index (κ2) is 9.98. The van der Waals surface area contributed by atoms with Gasteiger partial charge in [0, 0.05) is 69.5 Å². The first-order chi connectivity index (χ1) is 16.2. The largest absolute Gasteiger partial charge is 0.495 e. The fraction of sp³-hybridized carbons (Fsp3) is 0.407. The van der Waals surface area contributed by atoms with Crippen molar-refractivity contribution < 1.29 is 9.13 Å². The number of methoxy groups -OCH3 is 1. The summed E-state index contributed by atoms with van der Waals surface area (Å²) in [6.07, 6.45) is 6.40. The first-order valence-corrected chi connectivity index (χ1v) is 12.0. The fourth-order valence-corrected chi connectivity index (χ4v) is 5.04. The molecular weight excluding hydrogens is 415 g/mol. The molecule has 3 aromatic rings. The molecular formula is C27H33FN4O. The molecule has 0 unspecified atom stereocenters. The molecule has 1 saturated heterocycles. The van der Waals surface area contributed by atoms with E-state index < -0.39 is 0 Å². The summed E-state index contributed by atoms with van der Waals surface area (Å²) in [5.74, 6) is 0.788. The van der Waals surface area contributed by atoms with Crippen LogP contribution < -0.4 is 9.64 Å². The summed E-state index contributed by atoms with van der Waals surface area (Å²) < 4.78 is 19.2. The van der Waals surface area contributed by atoms with E-state index in [1.54, 1.807) is 13.2 Å². The van der Waals surface area contributed by atoms with Gasteiger partial charge in [-0.05, 0) is 48.7 Å². The van der Waals surface area contributed by atoms with Gasteiger partial charge in [-0.3, -0.25) is 9.80 Å². The molecule has 5 nitrogen and oxygen atoms in total. The number of aromatic amines is 1. The van der Waals surface area contributed by atoms with E-state index in [4.69, 9.17) is 4.74 Å². The number of para-hydroxylation sites is 2. The van der Waals surface area contributed by atoms with Crippen LogP contribution in [0.5, 0.6) is 5.75 Å². The van der Waals surface area contributed by atoms with Crippen LogP contribution in [-0.2, 0) is 6.42 Å². The predicted octanol–water partition coefficient (Wildman–Crippen LogP) is 4.31. The third-order valence-electron chi connectivity index (χ3n) is 7.06. The summed E-state index contributed by atoms with van der Waals surface area (Å²) in [5.41, 5.74) is 4.86. The number of rotatable bonds is 7. The summed E-state index contributed by atoms with van der Waals surface area (Å²) in [7, 11) is 1.74. The molecule has 0 radical (unpaired) electrons. The lowest BCUT2D eigenvalue weighted by molar-refractivity contribution is 0.203. The average molecular weight is 449 g/mol. The lowest BCUT2D eigenvalue weighted by atomic mass is 9.99. The zero-order chi connectivity index (χ0) is 22.6. The molecule has 174 valence electrons. The van der Waals surface area contributed by atoms with Crippen molar-refractivity contribution in [1.82, 2.24) is 14.8 Å².